The number of para-hydroxylation sites is 1. The SMILES string of the molecule is COc1ccccc1-c1nc(Br)c(CC(=O)O)[nH]1. The second kappa shape index (κ2) is 5.22. The predicted molar refractivity (Wildman–Crippen MR) is 69.6 cm³/mol. The summed E-state index contributed by atoms with van der Waals surface area (Å²) < 4.78 is 5.74. The number of imidazole rings is 1. The van der Waals surface area contributed by atoms with Gasteiger partial charge in [0.05, 0.1) is 24.8 Å². The van der Waals surface area contributed by atoms with Crippen LogP contribution in [0.2, 0.25) is 0 Å². The number of aliphatic carboxylic acids is 1. The highest BCUT2D eigenvalue weighted by Gasteiger charge is 2.14. The molecule has 5 nitrogen and oxygen atoms in total. The molecule has 2 N–H and O–H groups in total. The van der Waals surface area contributed by atoms with Gasteiger partial charge in [-0.15, -0.1) is 0 Å². The number of carbonyl (C=O) groups is 1. The van der Waals surface area contributed by atoms with E-state index in [9.17, 15) is 4.79 Å². The van der Waals surface area contributed by atoms with Crippen molar-refractivity contribution in [1.29, 1.82) is 0 Å². The molecular weight excluding hydrogens is 300 g/mol. The Kier molecular flexibility index (Phi) is 3.66. The predicted octanol–water partition coefficient (Wildman–Crippen LogP) is 2.47. The molecule has 0 saturated heterocycles. The third-order valence-electron chi connectivity index (χ3n) is 2.42. The summed E-state index contributed by atoms with van der Waals surface area (Å²) in [5.41, 5.74) is 1.32. The zero-order chi connectivity index (χ0) is 13.1. The van der Waals surface area contributed by atoms with Crippen molar-refractivity contribution in [3.8, 4) is 17.1 Å². The van der Waals surface area contributed by atoms with Crippen LogP contribution in [0.25, 0.3) is 11.4 Å². The second-order valence-corrected chi connectivity index (χ2v) is 4.38. The highest BCUT2D eigenvalue weighted by Crippen LogP contribution is 2.29. The minimum absolute atomic E-state index is 0.108. The van der Waals surface area contributed by atoms with Crippen molar-refractivity contribution in [3.05, 3.63) is 34.6 Å². The molecular formula is C12H11BrN2O3. The fraction of sp³-hybridized carbons (Fsp3) is 0.167. The normalized spacial score (nSPS) is 10.3. The van der Waals surface area contributed by atoms with Gasteiger partial charge in [-0.1, -0.05) is 12.1 Å². The molecule has 0 radical (unpaired) electrons. The molecule has 1 aromatic carbocycles. The van der Waals surface area contributed by atoms with Gasteiger partial charge in [-0.25, -0.2) is 4.98 Å². The van der Waals surface area contributed by atoms with Crippen molar-refractivity contribution in [1.82, 2.24) is 9.97 Å². The van der Waals surface area contributed by atoms with E-state index < -0.39 is 5.97 Å². The van der Waals surface area contributed by atoms with Crippen LogP contribution in [0.1, 0.15) is 5.69 Å². The molecule has 0 amide bonds. The summed E-state index contributed by atoms with van der Waals surface area (Å²) in [5, 5.41) is 8.78. The number of benzene rings is 1. The minimum atomic E-state index is -0.911. The zero-order valence-electron chi connectivity index (χ0n) is 9.61. The zero-order valence-corrected chi connectivity index (χ0v) is 11.2. The third kappa shape index (κ3) is 2.53. The Hall–Kier alpha value is -1.82. The summed E-state index contributed by atoms with van der Waals surface area (Å²) >= 11 is 3.24. The molecule has 0 saturated carbocycles. The summed E-state index contributed by atoms with van der Waals surface area (Å²) in [4.78, 5) is 17.9. The number of hydrogen-bond donors (Lipinski definition) is 2. The van der Waals surface area contributed by atoms with Gasteiger partial charge in [-0.2, -0.15) is 0 Å². The third-order valence-corrected chi connectivity index (χ3v) is 3.07. The van der Waals surface area contributed by atoms with Gasteiger partial charge in [-0.3, -0.25) is 4.79 Å². The van der Waals surface area contributed by atoms with Crippen LogP contribution in [-0.4, -0.2) is 28.2 Å². The van der Waals surface area contributed by atoms with Gasteiger partial charge >= 0.3 is 5.97 Å². The number of nitrogens with one attached hydrogen (secondary N) is 1. The molecule has 0 aliphatic rings. The van der Waals surface area contributed by atoms with Crippen molar-refractivity contribution in [2.75, 3.05) is 7.11 Å². The summed E-state index contributed by atoms with van der Waals surface area (Å²) in [6.07, 6.45) is -0.108. The molecule has 0 atom stereocenters. The molecule has 94 valence electrons. The van der Waals surface area contributed by atoms with Gasteiger partial charge < -0.3 is 14.8 Å². The number of hydrogen-bond acceptors (Lipinski definition) is 3. The number of carboxylic acid groups (broad SMARTS) is 1. The first-order valence-corrected chi connectivity index (χ1v) is 6.00. The fourth-order valence-corrected chi connectivity index (χ4v) is 2.04. The fourth-order valence-electron chi connectivity index (χ4n) is 1.62. The summed E-state index contributed by atoms with van der Waals surface area (Å²) in [5.74, 6) is 0.349. The van der Waals surface area contributed by atoms with E-state index in [1.54, 1.807) is 7.11 Å². The molecule has 0 bridgehead atoms. The van der Waals surface area contributed by atoms with E-state index >= 15 is 0 Å². The maximum Gasteiger partial charge on any atom is 0.309 e. The number of rotatable bonds is 4. The van der Waals surface area contributed by atoms with E-state index in [4.69, 9.17) is 9.84 Å². The van der Waals surface area contributed by atoms with Crippen LogP contribution in [-0.2, 0) is 11.2 Å². The van der Waals surface area contributed by atoms with Crippen LogP contribution in [0, 0.1) is 0 Å². The van der Waals surface area contributed by atoms with Crippen LogP contribution in [0.5, 0.6) is 5.75 Å². The Balaban J connectivity index is 2.42. The van der Waals surface area contributed by atoms with Crippen molar-refractivity contribution < 1.29 is 14.6 Å². The Morgan fingerprint density at radius 3 is 2.89 bits per heavy atom. The monoisotopic (exact) mass is 310 g/mol. The summed E-state index contributed by atoms with van der Waals surface area (Å²) in [6, 6.07) is 7.40. The maximum absolute atomic E-state index is 10.7. The molecule has 0 spiro atoms. The summed E-state index contributed by atoms with van der Waals surface area (Å²) in [7, 11) is 1.58. The smallest absolute Gasteiger partial charge is 0.309 e. The maximum atomic E-state index is 10.7. The molecule has 1 heterocycles. The minimum Gasteiger partial charge on any atom is -0.496 e. The number of aromatic amines is 1. The van der Waals surface area contributed by atoms with Crippen molar-refractivity contribution >= 4 is 21.9 Å². The first-order chi connectivity index (χ1) is 8.61. The largest absolute Gasteiger partial charge is 0.496 e. The van der Waals surface area contributed by atoms with Crippen LogP contribution in [0.3, 0.4) is 0 Å². The van der Waals surface area contributed by atoms with Crippen LogP contribution in [0.4, 0.5) is 0 Å². The molecule has 0 aliphatic heterocycles. The number of carboxylic acids is 1. The number of nitrogens with zero attached hydrogens (tertiary/aromatic N) is 1. The molecule has 2 aromatic rings. The lowest BCUT2D eigenvalue weighted by Crippen LogP contribution is -2.00. The number of methoxy groups -OCH3 is 1. The van der Waals surface area contributed by atoms with Crippen LogP contribution in [0.15, 0.2) is 28.9 Å². The standard InChI is InChI=1S/C12H11BrN2O3/c1-18-9-5-3-2-4-7(9)12-14-8(6-10(16)17)11(13)15-12/h2-5H,6H2,1H3,(H,14,15)(H,16,17). The molecule has 6 heteroatoms. The van der Waals surface area contributed by atoms with Gasteiger partial charge in [0.2, 0.25) is 0 Å². The quantitative estimate of drug-likeness (QED) is 0.909. The van der Waals surface area contributed by atoms with E-state index in [1.807, 2.05) is 24.3 Å². The lowest BCUT2D eigenvalue weighted by atomic mass is 10.2. The van der Waals surface area contributed by atoms with Gasteiger partial charge in [0, 0.05) is 0 Å². The van der Waals surface area contributed by atoms with E-state index in [0.29, 0.717) is 21.9 Å². The molecule has 2 rings (SSSR count). The first kappa shape index (κ1) is 12.6. The first-order valence-electron chi connectivity index (χ1n) is 5.21. The Morgan fingerprint density at radius 1 is 1.50 bits per heavy atom. The van der Waals surface area contributed by atoms with Crippen molar-refractivity contribution in [3.63, 3.8) is 0 Å². The van der Waals surface area contributed by atoms with Crippen LogP contribution < -0.4 is 4.74 Å². The molecule has 18 heavy (non-hydrogen) atoms. The molecule has 0 unspecified atom stereocenters. The van der Waals surface area contributed by atoms with E-state index in [-0.39, 0.29) is 6.42 Å². The van der Waals surface area contributed by atoms with Gasteiger partial charge in [0.15, 0.2) is 0 Å². The highest BCUT2D eigenvalue weighted by molar-refractivity contribution is 9.10. The topological polar surface area (TPSA) is 75.2 Å². The Bertz CT molecular complexity index is 580. The van der Waals surface area contributed by atoms with E-state index in [1.165, 1.54) is 0 Å². The van der Waals surface area contributed by atoms with Gasteiger partial charge in [0.1, 0.15) is 16.2 Å². The summed E-state index contributed by atoms with van der Waals surface area (Å²) in [6.45, 7) is 0. The molecule has 0 aliphatic carbocycles. The molecule has 0 fully saturated rings. The second-order valence-electron chi connectivity index (χ2n) is 3.63. The number of H-pyrrole nitrogens is 1. The van der Waals surface area contributed by atoms with Crippen LogP contribution >= 0.6 is 15.9 Å². The van der Waals surface area contributed by atoms with Crippen molar-refractivity contribution in [2.45, 2.75) is 6.42 Å². The lowest BCUT2D eigenvalue weighted by Gasteiger charge is -2.04. The average Bonchev–Trinajstić information content (AvgIpc) is 2.70. The average molecular weight is 311 g/mol. The lowest BCUT2D eigenvalue weighted by molar-refractivity contribution is -0.136. The van der Waals surface area contributed by atoms with Crippen molar-refractivity contribution in [2.24, 2.45) is 0 Å². The van der Waals surface area contributed by atoms with E-state index in [2.05, 4.69) is 25.9 Å². The number of halogens is 1. The van der Waals surface area contributed by atoms with Gasteiger partial charge in [0.25, 0.3) is 0 Å². The Morgan fingerprint density at radius 2 is 2.22 bits per heavy atom. The number of aromatic nitrogens is 2. The number of ether oxygens (including phenoxy) is 1. The molecule has 1 aromatic heterocycles. The van der Waals surface area contributed by atoms with E-state index in [0.717, 1.165) is 5.56 Å². The van der Waals surface area contributed by atoms with Gasteiger partial charge in [-0.05, 0) is 28.1 Å². The highest BCUT2D eigenvalue weighted by atomic mass is 79.9. The Labute approximate surface area is 112 Å².